The molecule has 3 aromatic rings. The van der Waals surface area contributed by atoms with Crippen LogP contribution in [-0.4, -0.2) is 24.1 Å². The van der Waals surface area contributed by atoms with Crippen molar-refractivity contribution in [2.24, 2.45) is 0 Å². The first-order chi connectivity index (χ1) is 14.0. The zero-order chi connectivity index (χ0) is 20.5. The summed E-state index contributed by atoms with van der Waals surface area (Å²) in [4.78, 5) is 25.7. The van der Waals surface area contributed by atoms with Gasteiger partial charge in [-0.15, -0.1) is 11.3 Å². The molecule has 0 fully saturated rings. The molecule has 6 heteroatoms. The molecule has 4 rings (SSSR count). The molecular formula is C23H21NO4S. The number of aromatic carboxylic acids is 1. The Labute approximate surface area is 173 Å². The minimum absolute atomic E-state index is 0.105. The zero-order valence-corrected chi connectivity index (χ0v) is 17.0. The van der Waals surface area contributed by atoms with Crippen molar-refractivity contribution in [1.82, 2.24) is 0 Å². The molecule has 1 amide bonds. The first-order valence-electron chi connectivity index (χ1n) is 9.45. The Morgan fingerprint density at radius 2 is 1.86 bits per heavy atom. The maximum absolute atomic E-state index is 12.5. The second-order valence-electron chi connectivity index (χ2n) is 6.98. The van der Waals surface area contributed by atoms with Crippen LogP contribution in [0.3, 0.4) is 0 Å². The van der Waals surface area contributed by atoms with Gasteiger partial charge in [-0.3, -0.25) is 4.79 Å². The van der Waals surface area contributed by atoms with Crippen molar-refractivity contribution >= 4 is 28.9 Å². The van der Waals surface area contributed by atoms with Crippen molar-refractivity contribution in [3.05, 3.63) is 69.4 Å². The van der Waals surface area contributed by atoms with Crippen LogP contribution in [0.5, 0.6) is 5.75 Å². The highest BCUT2D eigenvalue weighted by Gasteiger charge is 2.34. The van der Waals surface area contributed by atoms with Gasteiger partial charge in [0, 0.05) is 22.8 Å². The summed E-state index contributed by atoms with van der Waals surface area (Å²) in [5.41, 5.74) is 4.16. The van der Waals surface area contributed by atoms with E-state index in [0.29, 0.717) is 23.4 Å². The summed E-state index contributed by atoms with van der Waals surface area (Å²) in [5.74, 6) is -0.566. The zero-order valence-electron chi connectivity index (χ0n) is 16.2. The summed E-state index contributed by atoms with van der Waals surface area (Å²) >= 11 is 1.24. The standard InChI is InChI=1S/C23H21NO4S/c1-3-13-4-6-14(7-5-13)17-12-18(25)24-20-19(22(23(26)27)29-21(17)20)15-8-10-16(28-2)11-9-15/h4-11,17H,3,12H2,1-2H3,(H,24,25)(H,26,27)/t17-/m1/s1. The Morgan fingerprint density at radius 3 is 2.45 bits per heavy atom. The number of thiophene rings is 1. The highest BCUT2D eigenvalue weighted by molar-refractivity contribution is 7.15. The first-order valence-corrected chi connectivity index (χ1v) is 10.3. The van der Waals surface area contributed by atoms with Gasteiger partial charge in [-0.05, 0) is 35.2 Å². The Morgan fingerprint density at radius 1 is 1.17 bits per heavy atom. The smallest absolute Gasteiger partial charge is 0.346 e. The van der Waals surface area contributed by atoms with E-state index in [1.54, 1.807) is 19.2 Å². The number of carbonyl (C=O) groups excluding carboxylic acids is 1. The van der Waals surface area contributed by atoms with Crippen molar-refractivity contribution in [3.63, 3.8) is 0 Å². The van der Waals surface area contributed by atoms with Crippen molar-refractivity contribution in [2.45, 2.75) is 25.7 Å². The second-order valence-corrected chi connectivity index (χ2v) is 8.03. The predicted molar refractivity (Wildman–Crippen MR) is 114 cm³/mol. The van der Waals surface area contributed by atoms with Crippen LogP contribution in [0, 0.1) is 0 Å². The van der Waals surface area contributed by atoms with Crippen LogP contribution in [-0.2, 0) is 11.2 Å². The topological polar surface area (TPSA) is 75.6 Å². The molecule has 0 unspecified atom stereocenters. The van der Waals surface area contributed by atoms with E-state index in [2.05, 4.69) is 24.4 Å². The van der Waals surface area contributed by atoms with Gasteiger partial charge in [0.05, 0.1) is 12.8 Å². The van der Waals surface area contributed by atoms with Gasteiger partial charge in [0.1, 0.15) is 10.6 Å². The maximum atomic E-state index is 12.5. The number of ether oxygens (including phenoxy) is 1. The van der Waals surface area contributed by atoms with Crippen LogP contribution in [0.4, 0.5) is 5.69 Å². The van der Waals surface area contributed by atoms with E-state index >= 15 is 0 Å². The van der Waals surface area contributed by atoms with Gasteiger partial charge < -0.3 is 15.2 Å². The summed E-state index contributed by atoms with van der Waals surface area (Å²) in [5, 5.41) is 12.8. The average Bonchev–Trinajstić information content (AvgIpc) is 3.13. The molecule has 1 aliphatic rings. The minimum atomic E-state index is -0.996. The fraction of sp³-hybridized carbons (Fsp3) is 0.217. The van der Waals surface area contributed by atoms with Gasteiger partial charge in [-0.25, -0.2) is 4.79 Å². The molecule has 1 aromatic heterocycles. The third-order valence-corrected chi connectivity index (χ3v) is 6.56. The Hall–Kier alpha value is -3.12. The molecule has 2 heterocycles. The van der Waals surface area contributed by atoms with Gasteiger partial charge in [0.2, 0.25) is 5.91 Å². The summed E-state index contributed by atoms with van der Waals surface area (Å²) in [6.07, 6.45) is 1.25. The lowest BCUT2D eigenvalue weighted by molar-refractivity contribution is -0.116. The molecule has 148 valence electrons. The van der Waals surface area contributed by atoms with E-state index < -0.39 is 5.97 Å². The number of methoxy groups -OCH3 is 1. The number of anilines is 1. The van der Waals surface area contributed by atoms with E-state index in [1.807, 2.05) is 24.3 Å². The lowest BCUT2D eigenvalue weighted by Crippen LogP contribution is -2.22. The molecule has 0 aliphatic carbocycles. The minimum Gasteiger partial charge on any atom is -0.497 e. The van der Waals surface area contributed by atoms with Crippen LogP contribution in [0.2, 0.25) is 0 Å². The van der Waals surface area contributed by atoms with Crippen LogP contribution in [0.25, 0.3) is 11.1 Å². The van der Waals surface area contributed by atoms with Gasteiger partial charge in [0.15, 0.2) is 0 Å². The molecule has 0 bridgehead atoms. The van der Waals surface area contributed by atoms with Crippen LogP contribution in [0.15, 0.2) is 48.5 Å². The number of hydrogen-bond acceptors (Lipinski definition) is 4. The number of nitrogens with one attached hydrogen (secondary N) is 1. The molecule has 29 heavy (non-hydrogen) atoms. The molecule has 1 aliphatic heterocycles. The molecule has 2 N–H and O–H groups in total. The SMILES string of the molecule is CCc1ccc([C@H]2CC(=O)Nc3c2sc(C(=O)O)c3-c2ccc(OC)cc2)cc1. The second kappa shape index (κ2) is 7.72. The fourth-order valence-corrected chi connectivity index (χ4v) is 4.97. The highest BCUT2D eigenvalue weighted by atomic mass is 32.1. The van der Waals surface area contributed by atoms with E-state index in [9.17, 15) is 14.7 Å². The van der Waals surface area contributed by atoms with Crippen LogP contribution < -0.4 is 10.1 Å². The largest absolute Gasteiger partial charge is 0.497 e. The number of amides is 1. The molecule has 0 spiro atoms. The molecule has 5 nitrogen and oxygen atoms in total. The average molecular weight is 407 g/mol. The third-order valence-electron chi connectivity index (χ3n) is 5.27. The summed E-state index contributed by atoms with van der Waals surface area (Å²) in [7, 11) is 1.58. The van der Waals surface area contributed by atoms with E-state index in [4.69, 9.17) is 4.74 Å². The van der Waals surface area contributed by atoms with E-state index in [0.717, 1.165) is 22.4 Å². The number of benzene rings is 2. The van der Waals surface area contributed by atoms with Crippen molar-refractivity contribution in [1.29, 1.82) is 0 Å². The maximum Gasteiger partial charge on any atom is 0.346 e. The Bertz CT molecular complexity index is 1070. The number of rotatable bonds is 5. The number of hydrogen-bond donors (Lipinski definition) is 2. The Balaban J connectivity index is 1.87. The fourth-order valence-electron chi connectivity index (χ4n) is 3.73. The number of fused-ring (bicyclic) bond motifs is 1. The van der Waals surface area contributed by atoms with Gasteiger partial charge in [-0.2, -0.15) is 0 Å². The predicted octanol–water partition coefficient (Wildman–Crippen LogP) is 5.16. The van der Waals surface area contributed by atoms with Gasteiger partial charge in [-0.1, -0.05) is 43.3 Å². The molecular weight excluding hydrogens is 386 g/mol. The van der Waals surface area contributed by atoms with Gasteiger partial charge >= 0.3 is 5.97 Å². The van der Waals surface area contributed by atoms with E-state index in [1.165, 1.54) is 16.9 Å². The highest BCUT2D eigenvalue weighted by Crippen LogP contribution is 2.49. The number of carboxylic acid groups (broad SMARTS) is 1. The van der Waals surface area contributed by atoms with Crippen LogP contribution in [0.1, 0.15) is 44.9 Å². The van der Waals surface area contributed by atoms with E-state index in [-0.39, 0.29) is 16.7 Å². The molecule has 0 saturated heterocycles. The molecule has 0 saturated carbocycles. The van der Waals surface area contributed by atoms with Crippen molar-refractivity contribution < 1.29 is 19.4 Å². The summed E-state index contributed by atoms with van der Waals surface area (Å²) < 4.78 is 5.20. The molecule has 0 radical (unpaired) electrons. The number of carboxylic acids is 1. The summed E-state index contributed by atoms with van der Waals surface area (Å²) in [6.45, 7) is 2.10. The number of carbonyl (C=O) groups is 2. The molecule has 2 aromatic carbocycles. The third kappa shape index (κ3) is 3.51. The quantitative estimate of drug-likeness (QED) is 0.613. The number of aryl methyl sites for hydroxylation is 1. The first kappa shape index (κ1) is 19.2. The normalized spacial score (nSPS) is 15.5. The summed E-state index contributed by atoms with van der Waals surface area (Å²) in [6, 6.07) is 15.4. The molecule has 1 atom stereocenters. The van der Waals surface area contributed by atoms with Crippen molar-refractivity contribution in [2.75, 3.05) is 12.4 Å². The lowest BCUT2D eigenvalue weighted by Gasteiger charge is -2.24. The van der Waals surface area contributed by atoms with Gasteiger partial charge in [0.25, 0.3) is 0 Å². The van der Waals surface area contributed by atoms with Crippen molar-refractivity contribution in [3.8, 4) is 16.9 Å². The van der Waals surface area contributed by atoms with Crippen LogP contribution >= 0.6 is 11.3 Å². The lowest BCUT2D eigenvalue weighted by atomic mass is 9.88. The monoisotopic (exact) mass is 407 g/mol. The Kier molecular flexibility index (Phi) is 5.11.